The first-order valence-corrected chi connectivity index (χ1v) is 10.4. The highest BCUT2D eigenvalue weighted by atomic mass is 79.9. The Morgan fingerprint density at radius 1 is 1.21 bits per heavy atom. The number of hydrogen-bond acceptors (Lipinski definition) is 4. The SMILES string of the molecule is CCc1ccccc1NC(=O)N/N=C/c1cc(Br)c(Sc2ccc(C)cc2)o1. The van der Waals surface area contributed by atoms with Crippen molar-refractivity contribution in [1.82, 2.24) is 5.43 Å². The number of benzene rings is 2. The highest BCUT2D eigenvalue weighted by Gasteiger charge is 2.10. The van der Waals surface area contributed by atoms with Crippen LogP contribution in [0, 0.1) is 6.92 Å². The van der Waals surface area contributed by atoms with Crippen LogP contribution in [0.25, 0.3) is 0 Å². The second-order valence-electron chi connectivity index (χ2n) is 6.03. The monoisotopic (exact) mass is 457 g/mol. The van der Waals surface area contributed by atoms with E-state index in [9.17, 15) is 4.79 Å². The van der Waals surface area contributed by atoms with Gasteiger partial charge in [0.2, 0.25) is 0 Å². The molecule has 0 aliphatic rings. The molecule has 0 atom stereocenters. The Balaban J connectivity index is 1.58. The molecule has 0 bridgehead atoms. The topological polar surface area (TPSA) is 66.6 Å². The fraction of sp³-hybridized carbons (Fsp3) is 0.143. The van der Waals surface area contributed by atoms with Crippen LogP contribution in [0.1, 0.15) is 23.8 Å². The van der Waals surface area contributed by atoms with Gasteiger partial charge in [0.1, 0.15) is 5.76 Å². The van der Waals surface area contributed by atoms with E-state index in [1.165, 1.54) is 23.5 Å². The average molecular weight is 458 g/mol. The van der Waals surface area contributed by atoms with Gasteiger partial charge in [0.15, 0.2) is 5.09 Å². The molecule has 0 saturated carbocycles. The minimum Gasteiger partial charge on any atom is -0.447 e. The number of carbonyl (C=O) groups excluding carboxylic acids is 1. The van der Waals surface area contributed by atoms with Crippen molar-refractivity contribution in [2.75, 3.05) is 5.32 Å². The Labute approximate surface area is 176 Å². The Bertz CT molecular complexity index is 984. The van der Waals surface area contributed by atoms with E-state index in [1.807, 2.05) is 49.4 Å². The van der Waals surface area contributed by atoms with E-state index in [-0.39, 0.29) is 0 Å². The minimum absolute atomic E-state index is 0.406. The first-order chi connectivity index (χ1) is 13.5. The van der Waals surface area contributed by atoms with Gasteiger partial charge < -0.3 is 9.73 Å². The summed E-state index contributed by atoms with van der Waals surface area (Å²) in [6, 6.07) is 17.3. The molecule has 0 spiro atoms. The van der Waals surface area contributed by atoms with Crippen LogP contribution in [-0.2, 0) is 6.42 Å². The zero-order valence-corrected chi connectivity index (χ0v) is 17.9. The maximum absolute atomic E-state index is 12.0. The summed E-state index contributed by atoms with van der Waals surface area (Å²) in [4.78, 5) is 13.1. The standard InChI is InChI=1S/C21H20BrN3O2S/c1-3-15-6-4-5-7-19(15)24-21(26)25-23-13-16-12-18(22)20(27-16)28-17-10-8-14(2)9-11-17/h4-13H,3H2,1-2H3,(H2,24,25,26)/b23-13+. The van der Waals surface area contributed by atoms with Crippen molar-refractivity contribution >= 4 is 45.6 Å². The van der Waals surface area contributed by atoms with Crippen molar-refractivity contribution in [3.8, 4) is 0 Å². The lowest BCUT2D eigenvalue weighted by atomic mass is 10.1. The quantitative estimate of drug-likeness (QED) is 0.341. The lowest BCUT2D eigenvalue weighted by molar-refractivity contribution is 0.252. The smallest absolute Gasteiger partial charge is 0.339 e. The van der Waals surface area contributed by atoms with Gasteiger partial charge in [-0.05, 0) is 53.0 Å². The lowest BCUT2D eigenvalue weighted by Crippen LogP contribution is -2.24. The molecule has 0 unspecified atom stereocenters. The molecule has 0 radical (unpaired) electrons. The summed E-state index contributed by atoms with van der Waals surface area (Å²) in [6.07, 6.45) is 2.30. The predicted molar refractivity (Wildman–Crippen MR) is 117 cm³/mol. The number of hydrazone groups is 1. The molecule has 5 nitrogen and oxygen atoms in total. The van der Waals surface area contributed by atoms with Crippen LogP contribution in [0.4, 0.5) is 10.5 Å². The number of anilines is 1. The highest BCUT2D eigenvalue weighted by molar-refractivity contribution is 9.10. The zero-order chi connectivity index (χ0) is 19.9. The molecule has 1 aromatic heterocycles. The van der Waals surface area contributed by atoms with Crippen molar-refractivity contribution in [2.24, 2.45) is 5.10 Å². The van der Waals surface area contributed by atoms with Crippen molar-refractivity contribution in [3.05, 3.63) is 76.0 Å². The number of nitrogens with zero attached hydrogens (tertiary/aromatic N) is 1. The van der Waals surface area contributed by atoms with Crippen molar-refractivity contribution in [3.63, 3.8) is 0 Å². The van der Waals surface area contributed by atoms with Gasteiger partial charge in [-0.3, -0.25) is 0 Å². The predicted octanol–water partition coefficient (Wildman–Crippen LogP) is 6.22. The van der Waals surface area contributed by atoms with Crippen LogP contribution in [0.5, 0.6) is 0 Å². The fourth-order valence-electron chi connectivity index (χ4n) is 2.47. The number of carbonyl (C=O) groups is 1. The molecule has 3 aromatic rings. The van der Waals surface area contributed by atoms with E-state index in [0.29, 0.717) is 5.76 Å². The number of amides is 2. The van der Waals surface area contributed by atoms with Crippen LogP contribution in [0.15, 0.2) is 78.6 Å². The zero-order valence-electron chi connectivity index (χ0n) is 15.5. The van der Waals surface area contributed by atoms with Crippen molar-refractivity contribution in [2.45, 2.75) is 30.3 Å². The van der Waals surface area contributed by atoms with E-state index in [2.05, 4.69) is 50.8 Å². The molecule has 2 aromatic carbocycles. The van der Waals surface area contributed by atoms with Gasteiger partial charge in [0, 0.05) is 16.6 Å². The highest BCUT2D eigenvalue weighted by Crippen LogP contribution is 2.35. The minimum atomic E-state index is -0.406. The molecule has 0 aliphatic carbocycles. The van der Waals surface area contributed by atoms with E-state index in [4.69, 9.17) is 4.42 Å². The van der Waals surface area contributed by atoms with Gasteiger partial charge in [-0.15, -0.1) is 0 Å². The Morgan fingerprint density at radius 3 is 2.71 bits per heavy atom. The van der Waals surface area contributed by atoms with Crippen molar-refractivity contribution < 1.29 is 9.21 Å². The van der Waals surface area contributed by atoms with E-state index >= 15 is 0 Å². The third-order valence-corrected chi connectivity index (χ3v) is 5.76. The van der Waals surface area contributed by atoms with Crippen molar-refractivity contribution in [1.29, 1.82) is 0 Å². The number of furan rings is 1. The van der Waals surface area contributed by atoms with Crippen LogP contribution < -0.4 is 10.7 Å². The van der Waals surface area contributed by atoms with E-state index in [1.54, 1.807) is 0 Å². The fourth-order valence-corrected chi connectivity index (χ4v) is 3.80. The number of halogens is 1. The molecule has 2 N–H and O–H groups in total. The molecular weight excluding hydrogens is 438 g/mol. The third-order valence-electron chi connectivity index (χ3n) is 3.91. The maximum Gasteiger partial charge on any atom is 0.339 e. The molecule has 2 amide bonds. The van der Waals surface area contributed by atoms with Gasteiger partial charge in [-0.25, -0.2) is 10.2 Å². The maximum atomic E-state index is 12.0. The van der Waals surface area contributed by atoms with Gasteiger partial charge in [-0.2, -0.15) is 5.10 Å². The van der Waals surface area contributed by atoms with Gasteiger partial charge in [0.25, 0.3) is 0 Å². The van der Waals surface area contributed by atoms with Gasteiger partial charge in [0.05, 0.1) is 10.7 Å². The summed E-state index contributed by atoms with van der Waals surface area (Å²) in [5.41, 5.74) is 5.50. The van der Waals surface area contributed by atoms with E-state index < -0.39 is 6.03 Å². The van der Waals surface area contributed by atoms with Gasteiger partial charge in [-0.1, -0.05) is 54.6 Å². The largest absolute Gasteiger partial charge is 0.447 e. The first-order valence-electron chi connectivity index (χ1n) is 8.77. The Hall–Kier alpha value is -2.51. The van der Waals surface area contributed by atoms with Crippen LogP contribution in [-0.4, -0.2) is 12.2 Å². The number of para-hydroxylation sites is 1. The summed E-state index contributed by atoms with van der Waals surface area (Å²) in [5, 5.41) is 7.48. The Kier molecular flexibility index (Phi) is 6.95. The van der Waals surface area contributed by atoms with Crippen LogP contribution >= 0.6 is 27.7 Å². The van der Waals surface area contributed by atoms with Crippen LogP contribution in [0.3, 0.4) is 0 Å². The number of urea groups is 1. The molecule has 7 heteroatoms. The number of aryl methyl sites for hydroxylation is 2. The Morgan fingerprint density at radius 2 is 1.96 bits per heavy atom. The first kappa shape index (κ1) is 20.2. The second kappa shape index (κ2) is 9.61. The molecule has 144 valence electrons. The number of nitrogens with one attached hydrogen (secondary N) is 2. The summed E-state index contributed by atoms with van der Waals surface area (Å²) < 4.78 is 6.61. The van der Waals surface area contributed by atoms with E-state index in [0.717, 1.165) is 32.1 Å². The lowest BCUT2D eigenvalue weighted by Gasteiger charge is -2.08. The molecular formula is C21H20BrN3O2S. The average Bonchev–Trinajstić information content (AvgIpc) is 3.03. The van der Waals surface area contributed by atoms with Crippen LogP contribution in [0.2, 0.25) is 0 Å². The molecule has 0 aliphatic heterocycles. The molecule has 1 heterocycles. The third kappa shape index (κ3) is 5.50. The summed E-state index contributed by atoms with van der Waals surface area (Å²) in [5.74, 6) is 0.538. The summed E-state index contributed by atoms with van der Waals surface area (Å²) in [6.45, 7) is 4.09. The summed E-state index contributed by atoms with van der Waals surface area (Å²) >= 11 is 5.01. The number of hydrogen-bond donors (Lipinski definition) is 2. The summed E-state index contributed by atoms with van der Waals surface area (Å²) in [7, 11) is 0. The molecule has 0 fully saturated rings. The molecule has 28 heavy (non-hydrogen) atoms. The molecule has 0 saturated heterocycles. The second-order valence-corrected chi connectivity index (χ2v) is 7.93. The number of rotatable bonds is 6. The molecule has 3 rings (SSSR count). The van der Waals surface area contributed by atoms with Gasteiger partial charge >= 0.3 is 6.03 Å². The normalized spacial score (nSPS) is 11.0.